The van der Waals surface area contributed by atoms with Crippen molar-refractivity contribution in [1.29, 1.82) is 0 Å². The van der Waals surface area contributed by atoms with E-state index in [0.29, 0.717) is 56.5 Å². The summed E-state index contributed by atoms with van der Waals surface area (Å²) in [5.74, 6) is 0.200. The normalized spacial score (nSPS) is 15.3. The summed E-state index contributed by atoms with van der Waals surface area (Å²) in [4.78, 5) is 41.9. The van der Waals surface area contributed by atoms with Crippen molar-refractivity contribution < 1.29 is 18.7 Å². The molecule has 0 aliphatic carbocycles. The van der Waals surface area contributed by atoms with Gasteiger partial charge in [0.15, 0.2) is 5.58 Å². The number of hydrogen-bond acceptors (Lipinski definition) is 5. The smallest absolute Gasteiger partial charge is 0.420 e. The molecule has 33 heavy (non-hydrogen) atoms. The van der Waals surface area contributed by atoms with E-state index in [1.807, 2.05) is 35.2 Å². The van der Waals surface area contributed by atoms with Crippen LogP contribution in [0.2, 0.25) is 0 Å². The molecular formula is C25H29N3O5. The second-order valence-corrected chi connectivity index (χ2v) is 8.29. The highest BCUT2D eigenvalue weighted by Gasteiger charge is 2.28. The van der Waals surface area contributed by atoms with Crippen LogP contribution in [-0.4, -0.2) is 59.5 Å². The Kier molecular flexibility index (Phi) is 6.82. The second-order valence-electron chi connectivity index (χ2n) is 8.29. The lowest BCUT2D eigenvalue weighted by Crippen LogP contribution is -2.41. The Labute approximate surface area is 192 Å². The van der Waals surface area contributed by atoms with Crippen LogP contribution in [0.4, 0.5) is 0 Å². The van der Waals surface area contributed by atoms with Crippen LogP contribution >= 0.6 is 0 Å². The molecule has 1 aromatic heterocycles. The third kappa shape index (κ3) is 4.94. The maximum absolute atomic E-state index is 13.2. The van der Waals surface area contributed by atoms with E-state index in [1.54, 1.807) is 37.1 Å². The Morgan fingerprint density at radius 3 is 2.45 bits per heavy atom. The van der Waals surface area contributed by atoms with Crippen molar-refractivity contribution in [1.82, 2.24) is 14.4 Å². The molecule has 1 fully saturated rings. The van der Waals surface area contributed by atoms with Crippen LogP contribution in [0.25, 0.3) is 11.1 Å². The number of benzene rings is 2. The highest BCUT2D eigenvalue weighted by molar-refractivity contribution is 5.83. The van der Waals surface area contributed by atoms with Crippen LogP contribution in [0.5, 0.6) is 5.75 Å². The van der Waals surface area contributed by atoms with E-state index in [2.05, 4.69) is 0 Å². The van der Waals surface area contributed by atoms with Gasteiger partial charge in [-0.25, -0.2) is 4.79 Å². The number of amides is 2. The molecule has 8 nitrogen and oxygen atoms in total. The average Bonchev–Trinajstić information content (AvgIpc) is 3.00. The number of carbonyl (C=O) groups is 2. The second kappa shape index (κ2) is 9.94. The minimum Gasteiger partial charge on any atom is -0.497 e. The molecule has 3 aromatic rings. The van der Waals surface area contributed by atoms with E-state index in [9.17, 15) is 14.4 Å². The van der Waals surface area contributed by atoms with Gasteiger partial charge in [0.05, 0.1) is 12.6 Å². The summed E-state index contributed by atoms with van der Waals surface area (Å²) < 4.78 is 11.9. The molecular weight excluding hydrogens is 422 g/mol. The Bertz CT molecular complexity index is 1180. The molecule has 8 heteroatoms. The fourth-order valence-corrected chi connectivity index (χ4v) is 4.31. The first kappa shape index (κ1) is 22.6. The van der Waals surface area contributed by atoms with Crippen LogP contribution in [-0.2, 0) is 16.0 Å². The zero-order chi connectivity index (χ0) is 23.4. The van der Waals surface area contributed by atoms with Crippen molar-refractivity contribution in [2.45, 2.75) is 32.2 Å². The number of aryl methyl sites for hydroxylation is 1. The Morgan fingerprint density at radius 1 is 1.00 bits per heavy atom. The van der Waals surface area contributed by atoms with Crippen LogP contribution in [0, 0.1) is 0 Å². The summed E-state index contributed by atoms with van der Waals surface area (Å²) in [7, 11) is 1.63. The maximum atomic E-state index is 13.2. The quantitative estimate of drug-likeness (QED) is 0.575. The zero-order valence-corrected chi connectivity index (χ0v) is 19.0. The highest BCUT2D eigenvalue weighted by atomic mass is 16.5. The molecule has 1 aliphatic heterocycles. The summed E-state index contributed by atoms with van der Waals surface area (Å²) in [5, 5.41) is 0. The molecule has 1 unspecified atom stereocenters. The van der Waals surface area contributed by atoms with Gasteiger partial charge in [0.25, 0.3) is 0 Å². The van der Waals surface area contributed by atoms with E-state index < -0.39 is 11.8 Å². The van der Waals surface area contributed by atoms with E-state index >= 15 is 0 Å². The van der Waals surface area contributed by atoms with Gasteiger partial charge in [-0.1, -0.05) is 24.3 Å². The third-order valence-corrected chi connectivity index (χ3v) is 6.21. The molecule has 174 valence electrons. The molecule has 0 N–H and O–H groups in total. The van der Waals surface area contributed by atoms with Crippen LogP contribution in [0.1, 0.15) is 31.4 Å². The molecule has 0 radical (unpaired) electrons. The number of oxazole rings is 1. The first-order valence-electron chi connectivity index (χ1n) is 11.3. The van der Waals surface area contributed by atoms with Crippen LogP contribution in [0.3, 0.4) is 0 Å². The van der Waals surface area contributed by atoms with Crippen molar-refractivity contribution in [3.05, 3.63) is 64.6 Å². The van der Waals surface area contributed by atoms with Crippen molar-refractivity contribution in [3.8, 4) is 5.75 Å². The topological polar surface area (TPSA) is 85.0 Å². The maximum Gasteiger partial charge on any atom is 0.420 e. The van der Waals surface area contributed by atoms with Crippen molar-refractivity contribution in [3.63, 3.8) is 0 Å². The molecule has 0 saturated carbocycles. The van der Waals surface area contributed by atoms with Gasteiger partial charge in [-0.2, -0.15) is 0 Å². The summed E-state index contributed by atoms with van der Waals surface area (Å²) in [6.45, 7) is 3.82. The van der Waals surface area contributed by atoms with E-state index in [4.69, 9.17) is 9.15 Å². The number of methoxy groups -OCH3 is 1. The summed E-state index contributed by atoms with van der Waals surface area (Å²) in [6.07, 6.45) is 1.79. The minimum absolute atomic E-state index is 0.0882. The van der Waals surface area contributed by atoms with Gasteiger partial charge >= 0.3 is 5.76 Å². The molecule has 2 heterocycles. The number of carbonyl (C=O) groups excluding carboxylic acids is 2. The average molecular weight is 452 g/mol. The van der Waals surface area contributed by atoms with Gasteiger partial charge in [-0.15, -0.1) is 0 Å². The lowest BCUT2D eigenvalue weighted by molar-refractivity contribution is -0.135. The predicted octanol–water partition coefficient (Wildman–Crippen LogP) is 2.86. The predicted molar refractivity (Wildman–Crippen MR) is 124 cm³/mol. The lowest BCUT2D eigenvalue weighted by atomic mass is 10.1. The van der Waals surface area contributed by atoms with Gasteiger partial charge < -0.3 is 19.0 Å². The number of hydrogen-bond donors (Lipinski definition) is 0. The number of ether oxygens (including phenoxy) is 1. The number of para-hydroxylation sites is 2. The van der Waals surface area contributed by atoms with Gasteiger partial charge in [0, 0.05) is 32.6 Å². The lowest BCUT2D eigenvalue weighted by Gasteiger charge is -2.25. The Hall–Kier alpha value is -3.55. The summed E-state index contributed by atoms with van der Waals surface area (Å²) in [5.41, 5.74) is 2.16. The number of rotatable bonds is 6. The van der Waals surface area contributed by atoms with Crippen molar-refractivity contribution in [2.24, 2.45) is 0 Å². The molecule has 4 rings (SSSR count). The molecule has 1 atom stereocenters. The number of fused-ring (bicyclic) bond motifs is 1. The molecule has 1 aliphatic rings. The molecule has 0 bridgehead atoms. The first-order valence-corrected chi connectivity index (χ1v) is 11.3. The highest BCUT2D eigenvalue weighted by Crippen LogP contribution is 2.19. The third-order valence-electron chi connectivity index (χ3n) is 6.21. The monoisotopic (exact) mass is 451 g/mol. The van der Waals surface area contributed by atoms with Gasteiger partial charge in [0.2, 0.25) is 11.8 Å². The van der Waals surface area contributed by atoms with Crippen molar-refractivity contribution in [2.75, 3.05) is 33.3 Å². The minimum atomic E-state index is -0.682. The van der Waals surface area contributed by atoms with Crippen LogP contribution in [0.15, 0.2) is 57.7 Å². The van der Waals surface area contributed by atoms with Gasteiger partial charge in [0.1, 0.15) is 11.8 Å². The molecule has 1 saturated heterocycles. The number of aromatic nitrogens is 1. The zero-order valence-electron chi connectivity index (χ0n) is 19.0. The summed E-state index contributed by atoms with van der Waals surface area (Å²) >= 11 is 0. The summed E-state index contributed by atoms with van der Waals surface area (Å²) in [6, 6.07) is 14.1. The molecule has 0 spiro atoms. The van der Waals surface area contributed by atoms with E-state index in [-0.39, 0.29) is 11.8 Å². The molecule has 2 amide bonds. The van der Waals surface area contributed by atoms with E-state index in [0.717, 1.165) is 11.3 Å². The largest absolute Gasteiger partial charge is 0.497 e. The fraction of sp³-hybridized carbons (Fsp3) is 0.400. The fourth-order valence-electron chi connectivity index (χ4n) is 4.31. The van der Waals surface area contributed by atoms with E-state index in [1.165, 1.54) is 4.57 Å². The Morgan fingerprint density at radius 2 is 1.70 bits per heavy atom. The first-order chi connectivity index (χ1) is 16.0. The Balaban J connectivity index is 1.35. The van der Waals surface area contributed by atoms with Crippen molar-refractivity contribution >= 4 is 22.9 Å². The van der Waals surface area contributed by atoms with Crippen LogP contribution < -0.4 is 10.5 Å². The van der Waals surface area contributed by atoms with Gasteiger partial charge in [-0.05, 0) is 49.6 Å². The SMILES string of the molecule is COc1ccc(CCC(=O)N2CCCN(C(=O)C(C)n3c(=O)oc4ccccc43)CC2)cc1. The standard InChI is InChI=1S/C25H29N3O5/c1-18(28-21-6-3-4-7-22(21)33-25(28)31)24(30)27-15-5-14-26(16-17-27)23(29)13-10-19-8-11-20(32-2)12-9-19/h3-4,6-9,11-12,18H,5,10,13-17H2,1-2H3. The number of nitrogens with zero attached hydrogens (tertiary/aromatic N) is 3. The molecule has 2 aromatic carbocycles. The van der Waals surface area contributed by atoms with Gasteiger partial charge in [-0.3, -0.25) is 14.2 Å².